The zero-order valence-electron chi connectivity index (χ0n) is 13.0. The van der Waals surface area contributed by atoms with E-state index >= 15 is 0 Å². The number of hydrogen-bond donors (Lipinski definition) is 1. The predicted octanol–water partition coefficient (Wildman–Crippen LogP) is 2.67. The second kappa shape index (κ2) is 7.92. The molecule has 0 bridgehead atoms. The summed E-state index contributed by atoms with van der Waals surface area (Å²) < 4.78 is 6.07. The molecule has 0 radical (unpaired) electrons. The van der Waals surface area contributed by atoms with Crippen LogP contribution in [-0.4, -0.2) is 43.7 Å². The van der Waals surface area contributed by atoms with Gasteiger partial charge in [0, 0.05) is 19.6 Å². The Morgan fingerprint density at radius 1 is 1.10 bits per heavy atom. The van der Waals surface area contributed by atoms with E-state index in [1.807, 2.05) is 0 Å². The number of ether oxygens (including phenoxy) is 1. The number of benzene rings is 1. The smallest absolute Gasteiger partial charge is 0.0720 e. The van der Waals surface area contributed by atoms with Crippen molar-refractivity contribution >= 4 is 0 Å². The minimum absolute atomic E-state index is 0.450. The highest BCUT2D eigenvalue weighted by molar-refractivity contribution is 5.13. The van der Waals surface area contributed by atoms with Gasteiger partial charge in [-0.15, -0.1) is 0 Å². The Balaban J connectivity index is 1.35. The van der Waals surface area contributed by atoms with E-state index < -0.39 is 0 Å². The molecule has 0 aromatic heterocycles. The molecule has 2 aliphatic rings. The van der Waals surface area contributed by atoms with Gasteiger partial charge in [-0.1, -0.05) is 30.3 Å². The molecule has 0 saturated carbocycles. The van der Waals surface area contributed by atoms with Crippen LogP contribution in [0.15, 0.2) is 30.3 Å². The summed E-state index contributed by atoms with van der Waals surface area (Å²) in [4.78, 5) is 2.64. The molecule has 3 rings (SSSR count). The lowest BCUT2D eigenvalue weighted by Crippen LogP contribution is -2.43. The average Bonchev–Trinajstić information content (AvgIpc) is 2.56. The van der Waals surface area contributed by atoms with Crippen molar-refractivity contribution in [2.45, 2.75) is 38.4 Å². The summed E-state index contributed by atoms with van der Waals surface area (Å²) in [5.41, 5.74) is 1.29. The van der Waals surface area contributed by atoms with Crippen LogP contribution in [0.25, 0.3) is 0 Å². The van der Waals surface area contributed by atoms with E-state index in [4.69, 9.17) is 4.74 Å². The van der Waals surface area contributed by atoms with Gasteiger partial charge in [0.1, 0.15) is 0 Å². The van der Waals surface area contributed by atoms with Crippen molar-refractivity contribution in [1.82, 2.24) is 10.2 Å². The standard InChI is InChI=1S/C18H28N2O/c1-2-5-16(6-3-1)15-21-18-8-11-20(12-9-18)14-17-7-4-10-19-13-17/h1-3,5-6,17-19H,4,7-15H2. The Morgan fingerprint density at radius 2 is 1.90 bits per heavy atom. The van der Waals surface area contributed by atoms with Crippen LogP contribution in [0.1, 0.15) is 31.2 Å². The van der Waals surface area contributed by atoms with E-state index in [-0.39, 0.29) is 0 Å². The number of rotatable bonds is 5. The van der Waals surface area contributed by atoms with Gasteiger partial charge in [0.25, 0.3) is 0 Å². The first-order valence-electron chi connectivity index (χ1n) is 8.49. The van der Waals surface area contributed by atoms with Gasteiger partial charge in [-0.3, -0.25) is 0 Å². The Hall–Kier alpha value is -0.900. The van der Waals surface area contributed by atoms with E-state index in [1.54, 1.807) is 0 Å². The summed E-state index contributed by atoms with van der Waals surface area (Å²) in [5.74, 6) is 0.862. The average molecular weight is 288 g/mol. The zero-order chi connectivity index (χ0) is 14.3. The van der Waals surface area contributed by atoms with Crippen LogP contribution >= 0.6 is 0 Å². The highest BCUT2D eigenvalue weighted by Crippen LogP contribution is 2.19. The van der Waals surface area contributed by atoms with E-state index in [0.717, 1.165) is 12.5 Å². The van der Waals surface area contributed by atoms with Crippen LogP contribution in [0.4, 0.5) is 0 Å². The molecule has 0 aliphatic carbocycles. The van der Waals surface area contributed by atoms with E-state index in [2.05, 4.69) is 40.5 Å². The Morgan fingerprint density at radius 3 is 2.62 bits per heavy atom. The van der Waals surface area contributed by atoms with Gasteiger partial charge in [-0.05, 0) is 50.3 Å². The summed E-state index contributed by atoms with van der Waals surface area (Å²) in [6.45, 7) is 6.87. The molecule has 21 heavy (non-hydrogen) atoms. The van der Waals surface area contributed by atoms with Gasteiger partial charge in [0.05, 0.1) is 12.7 Å². The molecule has 3 heteroatoms. The topological polar surface area (TPSA) is 24.5 Å². The first-order chi connectivity index (χ1) is 10.4. The second-order valence-electron chi connectivity index (χ2n) is 6.51. The summed E-state index contributed by atoms with van der Waals surface area (Å²) in [6.07, 6.45) is 5.57. The third-order valence-electron chi connectivity index (χ3n) is 4.78. The first-order valence-corrected chi connectivity index (χ1v) is 8.49. The van der Waals surface area contributed by atoms with E-state index in [0.29, 0.717) is 6.10 Å². The fourth-order valence-electron chi connectivity index (χ4n) is 3.49. The monoisotopic (exact) mass is 288 g/mol. The molecule has 1 aromatic rings. The van der Waals surface area contributed by atoms with Crippen LogP contribution in [0.3, 0.4) is 0 Å². The largest absolute Gasteiger partial charge is 0.373 e. The molecule has 2 fully saturated rings. The summed E-state index contributed by atoms with van der Waals surface area (Å²) in [7, 11) is 0. The molecule has 0 spiro atoms. The number of piperidine rings is 2. The highest BCUT2D eigenvalue weighted by Gasteiger charge is 2.22. The number of nitrogens with one attached hydrogen (secondary N) is 1. The van der Waals surface area contributed by atoms with Crippen molar-refractivity contribution in [1.29, 1.82) is 0 Å². The Kier molecular flexibility index (Phi) is 5.67. The lowest BCUT2D eigenvalue weighted by Gasteiger charge is -2.35. The molecule has 2 saturated heterocycles. The summed E-state index contributed by atoms with van der Waals surface area (Å²) in [6, 6.07) is 10.5. The molecule has 2 heterocycles. The molecule has 3 nitrogen and oxygen atoms in total. The number of hydrogen-bond acceptors (Lipinski definition) is 3. The van der Waals surface area contributed by atoms with Crippen LogP contribution in [0.2, 0.25) is 0 Å². The Labute approximate surface area is 128 Å². The molecular formula is C18H28N2O. The van der Waals surface area contributed by atoms with Gasteiger partial charge in [0.15, 0.2) is 0 Å². The summed E-state index contributed by atoms with van der Waals surface area (Å²) >= 11 is 0. The molecule has 1 unspecified atom stereocenters. The van der Waals surface area contributed by atoms with Crippen molar-refractivity contribution < 1.29 is 4.74 Å². The van der Waals surface area contributed by atoms with Crippen LogP contribution < -0.4 is 5.32 Å². The maximum absolute atomic E-state index is 6.07. The highest BCUT2D eigenvalue weighted by atomic mass is 16.5. The summed E-state index contributed by atoms with van der Waals surface area (Å²) in [5, 5.41) is 3.52. The molecule has 1 N–H and O–H groups in total. The number of nitrogens with zero attached hydrogens (tertiary/aromatic N) is 1. The minimum Gasteiger partial charge on any atom is -0.373 e. The van der Waals surface area contributed by atoms with Gasteiger partial charge >= 0.3 is 0 Å². The minimum atomic E-state index is 0.450. The van der Waals surface area contributed by atoms with Crippen molar-refractivity contribution in [3.8, 4) is 0 Å². The maximum atomic E-state index is 6.07. The second-order valence-corrected chi connectivity index (χ2v) is 6.51. The molecule has 1 atom stereocenters. The molecular weight excluding hydrogens is 260 g/mol. The third kappa shape index (κ3) is 4.80. The zero-order valence-corrected chi connectivity index (χ0v) is 13.0. The lowest BCUT2D eigenvalue weighted by atomic mass is 9.97. The first kappa shape index (κ1) is 15.0. The van der Waals surface area contributed by atoms with E-state index in [9.17, 15) is 0 Å². The van der Waals surface area contributed by atoms with Crippen molar-refractivity contribution in [3.05, 3.63) is 35.9 Å². The fourth-order valence-corrected chi connectivity index (χ4v) is 3.49. The molecule has 116 valence electrons. The number of likely N-dealkylation sites (tertiary alicyclic amines) is 1. The molecule has 1 aromatic carbocycles. The quantitative estimate of drug-likeness (QED) is 0.901. The third-order valence-corrected chi connectivity index (χ3v) is 4.78. The van der Waals surface area contributed by atoms with Crippen molar-refractivity contribution in [2.24, 2.45) is 5.92 Å². The van der Waals surface area contributed by atoms with E-state index in [1.165, 1.54) is 64.0 Å². The van der Waals surface area contributed by atoms with Gasteiger partial charge in [-0.2, -0.15) is 0 Å². The molecule has 2 aliphatic heterocycles. The van der Waals surface area contributed by atoms with Gasteiger partial charge < -0.3 is 15.0 Å². The lowest BCUT2D eigenvalue weighted by molar-refractivity contribution is -0.00560. The van der Waals surface area contributed by atoms with Gasteiger partial charge in [0.2, 0.25) is 0 Å². The van der Waals surface area contributed by atoms with Crippen molar-refractivity contribution in [2.75, 3.05) is 32.7 Å². The Bertz CT molecular complexity index is 395. The molecule has 0 amide bonds. The predicted molar refractivity (Wildman–Crippen MR) is 86.3 cm³/mol. The fraction of sp³-hybridized carbons (Fsp3) is 0.667. The van der Waals surface area contributed by atoms with Crippen LogP contribution in [-0.2, 0) is 11.3 Å². The van der Waals surface area contributed by atoms with Crippen LogP contribution in [0.5, 0.6) is 0 Å². The normalized spacial score (nSPS) is 25.0. The van der Waals surface area contributed by atoms with Crippen molar-refractivity contribution in [3.63, 3.8) is 0 Å². The maximum Gasteiger partial charge on any atom is 0.0720 e. The SMILES string of the molecule is c1ccc(COC2CCN(CC3CCCNC3)CC2)cc1. The van der Waals surface area contributed by atoms with Gasteiger partial charge in [-0.25, -0.2) is 0 Å². The van der Waals surface area contributed by atoms with Crippen LogP contribution in [0, 0.1) is 5.92 Å².